The average Bonchev–Trinajstić information content (AvgIpc) is 2.45. The molecule has 6 heteroatoms. The SMILES string of the molecule is CC(=C1C(=O)NC(=O)NC1=O)N1CCCc2ccccc21. The van der Waals surface area contributed by atoms with Crippen LogP contribution in [0.1, 0.15) is 18.9 Å². The minimum atomic E-state index is -0.777. The van der Waals surface area contributed by atoms with Crippen molar-refractivity contribution >= 4 is 23.5 Å². The molecule has 4 amide bonds. The van der Waals surface area contributed by atoms with E-state index in [1.807, 2.05) is 29.2 Å². The molecule has 0 saturated carbocycles. The zero-order chi connectivity index (χ0) is 15.0. The molecular weight excluding hydrogens is 270 g/mol. The van der Waals surface area contributed by atoms with Gasteiger partial charge in [0.25, 0.3) is 11.8 Å². The normalized spacial score (nSPS) is 18.0. The fourth-order valence-corrected chi connectivity index (χ4v) is 2.81. The Balaban J connectivity index is 2.04. The molecule has 0 radical (unpaired) electrons. The van der Waals surface area contributed by atoms with Crippen LogP contribution in [0.4, 0.5) is 10.5 Å². The summed E-state index contributed by atoms with van der Waals surface area (Å²) in [5.41, 5.74) is 2.75. The molecule has 2 N–H and O–H groups in total. The van der Waals surface area contributed by atoms with Gasteiger partial charge in [0, 0.05) is 17.9 Å². The average molecular weight is 285 g/mol. The lowest BCUT2D eigenvalue weighted by atomic mass is 10.00. The van der Waals surface area contributed by atoms with E-state index in [-0.39, 0.29) is 5.57 Å². The van der Waals surface area contributed by atoms with E-state index in [0.29, 0.717) is 5.70 Å². The molecule has 0 aliphatic carbocycles. The van der Waals surface area contributed by atoms with Crippen LogP contribution in [0, 0.1) is 0 Å². The Morgan fingerprint density at radius 2 is 1.76 bits per heavy atom. The topological polar surface area (TPSA) is 78.5 Å². The van der Waals surface area contributed by atoms with Crippen molar-refractivity contribution in [1.82, 2.24) is 10.6 Å². The van der Waals surface area contributed by atoms with Crippen LogP contribution in [0.5, 0.6) is 0 Å². The maximum atomic E-state index is 11.9. The number of aryl methyl sites for hydroxylation is 1. The Hall–Kier alpha value is -2.63. The van der Waals surface area contributed by atoms with E-state index >= 15 is 0 Å². The fraction of sp³-hybridized carbons (Fsp3) is 0.267. The van der Waals surface area contributed by atoms with E-state index in [9.17, 15) is 14.4 Å². The summed E-state index contributed by atoms with van der Waals surface area (Å²) < 4.78 is 0. The van der Waals surface area contributed by atoms with Crippen molar-refractivity contribution in [2.45, 2.75) is 19.8 Å². The van der Waals surface area contributed by atoms with E-state index in [1.165, 1.54) is 5.56 Å². The zero-order valence-electron chi connectivity index (χ0n) is 11.6. The second kappa shape index (κ2) is 5.05. The summed E-state index contributed by atoms with van der Waals surface area (Å²) in [6, 6.07) is 7.15. The molecule has 0 aromatic heterocycles. The maximum absolute atomic E-state index is 11.9. The summed E-state index contributed by atoms with van der Waals surface area (Å²) in [6.45, 7) is 2.47. The summed E-state index contributed by atoms with van der Waals surface area (Å²) in [5, 5.41) is 4.22. The quantitative estimate of drug-likeness (QED) is 0.598. The van der Waals surface area contributed by atoms with Crippen LogP contribution in [0.3, 0.4) is 0 Å². The number of carbonyl (C=O) groups excluding carboxylic acids is 3. The van der Waals surface area contributed by atoms with Gasteiger partial charge in [-0.05, 0) is 31.4 Å². The first kappa shape index (κ1) is 13.4. The van der Waals surface area contributed by atoms with Gasteiger partial charge < -0.3 is 4.90 Å². The summed E-state index contributed by atoms with van der Waals surface area (Å²) >= 11 is 0. The third-order valence-electron chi connectivity index (χ3n) is 3.79. The van der Waals surface area contributed by atoms with Crippen LogP contribution in [0.2, 0.25) is 0 Å². The predicted octanol–water partition coefficient (Wildman–Crippen LogP) is 1.08. The number of para-hydroxylation sites is 1. The largest absolute Gasteiger partial charge is 0.344 e. The van der Waals surface area contributed by atoms with E-state index in [2.05, 4.69) is 10.6 Å². The molecular formula is C15H15N3O3. The molecule has 0 unspecified atom stereocenters. The molecule has 1 aromatic rings. The molecule has 0 bridgehead atoms. The maximum Gasteiger partial charge on any atom is 0.328 e. The summed E-state index contributed by atoms with van der Waals surface area (Å²) in [5.74, 6) is -1.30. The highest BCUT2D eigenvalue weighted by atomic mass is 16.2. The van der Waals surface area contributed by atoms with Gasteiger partial charge in [-0.15, -0.1) is 0 Å². The lowest BCUT2D eigenvalue weighted by molar-refractivity contribution is -0.124. The number of hydrogen-bond acceptors (Lipinski definition) is 4. The Morgan fingerprint density at radius 1 is 1.10 bits per heavy atom. The van der Waals surface area contributed by atoms with Gasteiger partial charge in [-0.1, -0.05) is 18.2 Å². The van der Waals surface area contributed by atoms with Crippen LogP contribution in [-0.4, -0.2) is 24.4 Å². The number of anilines is 1. The first-order valence-corrected chi connectivity index (χ1v) is 6.81. The number of rotatable bonds is 1. The molecule has 1 fully saturated rings. The van der Waals surface area contributed by atoms with Gasteiger partial charge in [-0.2, -0.15) is 0 Å². The molecule has 1 aromatic carbocycles. The number of carbonyl (C=O) groups is 3. The standard InChI is InChI=1S/C15H15N3O3/c1-9(12-13(19)16-15(21)17-14(12)20)18-8-4-6-10-5-2-3-7-11(10)18/h2-3,5,7H,4,6,8H2,1H3,(H2,16,17,19,20,21). The van der Waals surface area contributed by atoms with Crippen LogP contribution in [0.15, 0.2) is 35.5 Å². The predicted molar refractivity (Wildman–Crippen MR) is 76.5 cm³/mol. The first-order chi connectivity index (χ1) is 10.1. The van der Waals surface area contributed by atoms with Gasteiger partial charge in [-0.25, -0.2) is 4.79 Å². The fourth-order valence-electron chi connectivity index (χ4n) is 2.81. The Labute approximate surface area is 121 Å². The molecule has 2 heterocycles. The van der Waals surface area contributed by atoms with Gasteiger partial charge in [0.05, 0.1) is 0 Å². The van der Waals surface area contributed by atoms with Crippen molar-refractivity contribution in [3.63, 3.8) is 0 Å². The number of benzene rings is 1. The van der Waals surface area contributed by atoms with Crippen LogP contribution < -0.4 is 15.5 Å². The van der Waals surface area contributed by atoms with Crippen LogP contribution in [0.25, 0.3) is 0 Å². The first-order valence-electron chi connectivity index (χ1n) is 6.81. The number of fused-ring (bicyclic) bond motifs is 1. The van der Waals surface area contributed by atoms with Crippen LogP contribution in [-0.2, 0) is 16.0 Å². The summed E-state index contributed by atoms with van der Waals surface area (Å²) in [4.78, 5) is 37.0. The summed E-state index contributed by atoms with van der Waals surface area (Å²) in [7, 11) is 0. The van der Waals surface area contributed by atoms with Gasteiger partial charge in [0.1, 0.15) is 5.57 Å². The molecule has 1 saturated heterocycles. The number of nitrogens with one attached hydrogen (secondary N) is 2. The molecule has 3 rings (SSSR count). The summed E-state index contributed by atoms with van der Waals surface area (Å²) in [6.07, 6.45) is 1.93. The van der Waals surface area contributed by atoms with E-state index < -0.39 is 17.8 Å². The smallest absolute Gasteiger partial charge is 0.328 e. The highest BCUT2D eigenvalue weighted by Gasteiger charge is 2.32. The Bertz CT molecular complexity index is 656. The molecule has 2 aliphatic rings. The van der Waals surface area contributed by atoms with Crippen molar-refractivity contribution in [2.75, 3.05) is 11.4 Å². The third-order valence-corrected chi connectivity index (χ3v) is 3.79. The lowest BCUT2D eigenvalue weighted by Crippen LogP contribution is -2.52. The molecule has 0 spiro atoms. The van der Waals surface area contributed by atoms with Gasteiger partial charge >= 0.3 is 6.03 Å². The number of hydrogen-bond donors (Lipinski definition) is 2. The van der Waals surface area contributed by atoms with Crippen molar-refractivity contribution in [3.8, 4) is 0 Å². The molecule has 21 heavy (non-hydrogen) atoms. The molecule has 2 aliphatic heterocycles. The number of barbiturate groups is 1. The Morgan fingerprint density at radius 3 is 2.48 bits per heavy atom. The molecule has 0 atom stereocenters. The van der Waals surface area contributed by atoms with Crippen molar-refractivity contribution < 1.29 is 14.4 Å². The monoisotopic (exact) mass is 285 g/mol. The van der Waals surface area contributed by atoms with Crippen molar-refractivity contribution in [2.24, 2.45) is 0 Å². The Kier molecular flexibility index (Phi) is 3.21. The van der Waals surface area contributed by atoms with Gasteiger partial charge in [0.2, 0.25) is 0 Å². The number of nitrogens with zero attached hydrogens (tertiary/aromatic N) is 1. The molecule has 6 nitrogen and oxygen atoms in total. The van der Waals surface area contributed by atoms with Crippen LogP contribution >= 0.6 is 0 Å². The molecule has 108 valence electrons. The number of amides is 4. The number of urea groups is 1. The number of allylic oxidation sites excluding steroid dienone is 1. The van der Waals surface area contributed by atoms with E-state index in [4.69, 9.17) is 0 Å². The lowest BCUT2D eigenvalue weighted by Gasteiger charge is -2.33. The van der Waals surface area contributed by atoms with Gasteiger partial charge in [-0.3, -0.25) is 20.2 Å². The second-order valence-corrected chi connectivity index (χ2v) is 5.08. The second-order valence-electron chi connectivity index (χ2n) is 5.08. The van der Waals surface area contributed by atoms with Gasteiger partial charge in [0.15, 0.2) is 0 Å². The van der Waals surface area contributed by atoms with Crippen molar-refractivity contribution in [3.05, 3.63) is 41.1 Å². The highest BCUT2D eigenvalue weighted by Crippen LogP contribution is 2.30. The third kappa shape index (κ3) is 2.29. The number of imide groups is 2. The highest BCUT2D eigenvalue weighted by molar-refractivity contribution is 6.29. The van der Waals surface area contributed by atoms with E-state index in [0.717, 1.165) is 25.1 Å². The minimum Gasteiger partial charge on any atom is -0.344 e. The van der Waals surface area contributed by atoms with Crippen molar-refractivity contribution in [1.29, 1.82) is 0 Å². The minimum absolute atomic E-state index is 0.00805. The van der Waals surface area contributed by atoms with E-state index in [1.54, 1.807) is 6.92 Å². The zero-order valence-corrected chi connectivity index (χ0v) is 11.6.